The summed E-state index contributed by atoms with van der Waals surface area (Å²) in [5, 5.41) is 3.23. The topological polar surface area (TPSA) is 81.7 Å². The van der Waals surface area contributed by atoms with Crippen LogP contribution in [0.15, 0.2) is 0 Å². The number of nitrogens with one attached hydrogen (secondary N) is 1. The van der Waals surface area contributed by atoms with Gasteiger partial charge in [0.2, 0.25) is 0 Å². The Hall–Kier alpha value is -1.89. The molecule has 1 amide bonds. The molecule has 0 aliphatic heterocycles. The lowest BCUT2D eigenvalue weighted by Crippen LogP contribution is -2.22. The number of esters is 2. The van der Waals surface area contributed by atoms with Crippen molar-refractivity contribution in [3.05, 3.63) is 16.0 Å². The third kappa shape index (κ3) is 4.03. The van der Waals surface area contributed by atoms with Crippen LogP contribution >= 0.6 is 11.3 Å². The van der Waals surface area contributed by atoms with E-state index >= 15 is 0 Å². The minimum Gasteiger partial charge on any atom is -0.465 e. The number of amides is 1. The van der Waals surface area contributed by atoms with E-state index in [9.17, 15) is 14.4 Å². The molecule has 3 rings (SSSR count). The fourth-order valence-electron chi connectivity index (χ4n) is 3.21. The molecule has 1 aromatic rings. The SMILES string of the molecule is COC(=O)c1c(NC(=O)COC(=O)[C@@H]2C[C@H]2C)sc2c1CCCCC2. The molecular weight excluding hydrogens is 342 g/mol. The van der Waals surface area contributed by atoms with E-state index in [4.69, 9.17) is 9.47 Å². The number of aryl methyl sites for hydroxylation is 1. The highest BCUT2D eigenvalue weighted by Crippen LogP contribution is 2.39. The first kappa shape index (κ1) is 17.9. The Morgan fingerprint density at radius 3 is 2.60 bits per heavy atom. The quantitative estimate of drug-likeness (QED) is 0.641. The summed E-state index contributed by atoms with van der Waals surface area (Å²) < 4.78 is 9.96. The van der Waals surface area contributed by atoms with Gasteiger partial charge in [-0.25, -0.2) is 4.79 Å². The molecular formula is C18H23NO5S. The first-order valence-corrected chi connectivity index (χ1v) is 9.52. The minimum absolute atomic E-state index is 0.0729. The standard InChI is InChI=1S/C18H23NO5S/c1-10-8-12(10)17(21)24-9-14(20)19-16-15(18(22)23-2)11-6-4-3-5-7-13(11)25-16/h10,12H,3-9H2,1-2H3,(H,19,20)/t10-,12-/m1/s1. The second kappa shape index (κ2) is 7.56. The van der Waals surface area contributed by atoms with Crippen LogP contribution in [0, 0.1) is 11.8 Å². The van der Waals surface area contributed by atoms with E-state index in [0.29, 0.717) is 16.5 Å². The molecule has 136 valence electrons. The summed E-state index contributed by atoms with van der Waals surface area (Å²) in [6.45, 7) is 1.65. The van der Waals surface area contributed by atoms with Gasteiger partial charge >= 0.3 is 11.9 Å². The van der Waals surface area contributed by atoms with E-state index in [1.54, 1.807) is 0 Å². The molecule has 1 aromatic heterocycles. The van der Waals surface area contributed by atoms with Crippen LogP contribution in [-0.4, -0.2) is 31.6 Å². The number of thiophene rings is 1. The van der Waals surface area contributed by atoms with Gasteiger partial charge in [0.25, 0.3) is 5.91 Å². The Kier molecular flexibility index (Phi) is 5.42. The molecule has 0 radical (unpaired) electrons. The lowest BCUT2D eigenvalue weighted by molar-refractivity contribution is -0.148. The predicted octanol–water partition coefficient (Wildman–Crippen LogP) is 2.94. The van der Waals surface area contributed by atoms with Crippen molar-refractivity contribution in [3.63, 3.8) is 0 Å². The van der Waals surface area contributed by atoms with E-state index in [-0.39, 0.29) is 18.5 Å². The van der Waals surface area contributed by atoms with Gasteiger partial charge in [0, 0.05) is 4.88 Å². The molecule has 1 fully saturated rings. The highest BCUT2D eigenvalue weighted by atomic mass is 32.1. The van der Waals surface area contributed by atoms with E-state index in [0.717, 1.165) is 49.0 Å². The Labute approximate surface area is 150 Å². The van der Waals surface area contributed by atoms with Crippen LogP contribution in [0.3, 0.4) is 0 Å². The average molecular weight is 365 g/mol. The molecule has 1 heterocycles. The number of ether oxygens (including phenoxy) is 2. The van der Waals surface area contributed by atoms with Crippen LogP contribution < -0.4 is 5.32 Å². The zero-order valence-electron chi connectivity index (χ0n) is 14.6. The van der Waals surface area contributed by atoms with Crippen molar-refractivity contribution in [2.24, 2.45) is 11.8 Å². The second-order valence-corrected chi connectivity index (χ2v) is 7.84. The van der Waals surface area contributed by atoms with Crippen LogP contribution in [0.4, 0.5) is 5.00 Å². The minimum atomic E-state index is -0.432. The fraction of sp³-hybridized carbons (Fsp3) is 0.611. The van der Waals surface area contributed by atoms with Crippen molar-refractivity contribution in [3.8, 4) is 0 Å². The van der Waals surface area contributed by atoms with Gasteiger partial charge in [-0.05, 0) is 43.6 Å². The van der Waals surface area contributed by atoms with E-state index in [1.807, 2.05) is 6.92 Å². The van der Waals surface area contributed by atoms with Gasteiger partial charge in [-0.1, -0.05) is 13.3 Å². The molecule has 2 atom stereocenters. The van der Waals surface area contributed by atoms with Crippen molar-refractivity contribution in [1.82, 2.24) is 0 Å². The van der Waals surface area contributed by atoms with Crippen molar-refractivity contribution in [2.75, 3.05) is 19.0 Å². The van der Waals surface area contributed by atoms with Crippen molar-refractivity contribution in [2.45, 2.75) is 45.4 Å². The van der Waals surface area contributed by atoms with Crippen molar-refractivity contribution < 1.29 is 23.9 Å². The van der Waals surface area contributed by atoms with Gasteiger partial charge in [0.05, 0.1) is 18.6 Å². The molecule has 1 N–H and O–H groups in total. The maximum atomic E-state index is 12.2. The van der Waals surface area contributed by atoms with Gasteiger partial charge < -0.3 is 14.8 Å². The molecule has 0 unspecified atom stereocenters. The first-order valence-electron chi connectivity index (χ1n) is 8.70. The third-order valence-electron chi connectivity index (χ3n) is 4.82. The summed E-state index contributed by atoms with van der Waals surface area (Å²) >= 11 is 1.43. The molecule has 2 aliphatic rings. The van der Waals surface area contributed by atoms with Crippen LogP contribution in [-0.2, 0) is 31.9 Å². The monoisotopic (exact) mass is 365 g/mol. The molecule has 7 heteroatoms. The van der Waals surface area contributed by atoms with Crippen LogP contribution in [0.2, 0.25) is 0 Å². The zero-order chi connectivity index (χ0) is 18.0. The molecule has 0 spiro atoms. The van der Waals surface area contributed by atoms with Crippen molar-refractivity contribution >= 4 is 34.2 Å². The van der Waals surface area contributed by atoms with E-state index in [2.05, 4.69) is 5.32 Å². The lowest BCUT2D eigenvalue weighted by atomic mass is 10.1. The highest BCUT2D eigenvalue weighted by Gasteiger charge is 2.40. The van der Waals surface area contributed by atoms with Crippen LogP contribution in [0.1, 0.15) is 53.4 Å². The second-order valence-electron chi connectivity index (χ2n) is 6.74. The van der Waals surface area contributed by atoms with Crippen LogP contribution in [0.5, 0.6) is 0 Å². The number of carbonyl (C=O) groups excluding carboxylic acids is 3. The van der Waals surface area contributed by atoms with Gasteiger partial charge in [-0.15, -0.1) is 11.3 Å². The molecule has 0 bridgehead atoms. The molecule has 2 aliphatic carbocycles. The Bertz CT molecular complexity index is 696. The molecule has 0 aromatic carbocycles. The maximum Gasteiger partial charge on any atom is 0.341 e. The first-order chi connectivity index (χ1) is 12.0. The molecule has 6 nitrogen and oxygen atoms in total. The fourth-order valence-corrected chi connectivity index (χ4v) is 4.50. The number of methoxy groups -OCH3 is 1. The number of rotatable bonds is 5. The van der Waals surface area contributed by atoms with Crippen LogP contribution in [0.25, 0.3) is 0 Å². The summed E-state index contributed by atoms with van der Waals surface area (Å²) in [6.07, 6.45) is 5.80. The van der Waals surface area contributed by atoms with E-state index < -0.39 is 11.9 Å². The molecule has 1 saturated carbocycles. The Balaban J connectivity index is 1.69. The highest BCUT2D eigenvalue weighted by molar-refractivity contribution is 7.17. The van der Waals surface area contributed by atoms with Gasteiger partial charge in [-0.3, -0.25) is 9.59 Å². The molecule has 25 heavy (non-hydrogen) atoms. The lowest BCUT2D eigenvalue weighted by Gasteiger charge is -2.08. The van der Waals surface area contributed by atoms with Gasteiger partial charge in [0.1, 0.15) is 5.00 Å². The third-order valence-corrected chi connectivity index (χ3v) is 6.03. The zero-order valence-corrected chi connectivity index (χ0v) is 15.4. The van der Waals surface area contributed by atoms with Gasteiger partial charge in [0.15, 0.2) is 6.61 Å². The number of anilines is 1. The Morgan fingerprint density at radius 2 is 1.92 bits per heavy atom. The number of hydrogen-bond donors (Lipinski definition) is 1. The number of carbonyl (C=O) groups is 3. The summed E-state index contributed by atoms with van der Waals surface area (Å²) in [5.41, 5.74) is 1.45. The number of fused-ring (bicyclic) bond motifs is 1. The Morgan fingerprint density at radius 1 is 1.20 bits per heavy atom. The average Bonchev–Trinajstić information content (AvgIpc) is 3.29. The predicted molar refractivity (Wildman–Crippen MR) is 93.8 cm³/mol. The summed E-state index contributed by atoms with van der Waals surface area (Å²) in [5.74, 6) is -0.912. The summed E-state index contributed by atoms with van der Waals surface area (Å²) in [6, 6.07) is 0. The number of hydrogen-bond acceptors (Lipinski definition) is 6. The smallest absolute Gasteiger partial charge is 0.341 e. The van der Waals surface area contributed by atoms with Gasteiger partial charge in [-0.2, -0.15) is 0 Å². The summed E-state index contributed by atoms with van der Waals surface area (Å²) in [4.78, 5) is 37.2. The van der Waals surface area contributed by atoms with Crippen molar-refractivity contribution in [1.29, 1.82) is 0 Å². The summed E-state index contributed by atoms with van der Waals surface area (Å²) in [7, 11) is 1.34. The van der Waals surface area contributed by atoms with E-state index in [1.165, 1.54) is 18.4 Å². The largest absolute Gasteiger partial charge is 0.465 e. The molecule has 0 saturated heterocycles. The maximum absolute atomic E-state index is 12.2. The normalized spacial score (nSPS) is 21.7.